The Morgan fingerprint density at radius 2 is 1.73 bits per heavy atom. The summed E-state index contributed by atoms with van der Waals surface area (Å²) < 4.78 is 28.3. The van der Waals surface area contributed by atoms with Crippen molar-refractivity contribution in [2.45, 2.75) is 32.7 Å². The maximum atomic E-state index is 12.7. The zero-order valence-corrected chi connectivity index (χ0v) is 15.1. The van der Waals surface area contributed by atoms with Crippen LogP contribution in [0.15, 0.2) is 30.3 Å². The smallest absolute Gasteiger partial charge is 0.282 e. The largest absolute Gasteiger partial charge is 0.330 e. The summed E-state index contributed by atoms with van der Waals surface area (Å²) in [7, 11) is -1.79. The molecule has 0 amide bonds. The lowest BCUT2D eigenvalue weighted by Crippen LogP contribution is -2.42. The molecule has 0 aliphatic carbocycles. The van der Waals surface area contributed by atoms with E-state index < -0.39 is 10.2 Å². The van der Waals surface area contributed by atoms with E-state index in [1.165, 1.54) is 8.61 Å². The van der Waals surface area contributed by atoms with Crippen LogP contribution in [-0.4, -0.2) is 43.7 Å². The number of unbranched alkanes of at least 4 members (excludes halogenated alkanes) is 1. The minimum atomic E-state index is -3.43. The molecule has 22 heavy (non-hydrogen) atoms. The molecule has 2 N–H and O–H groups in total. The standard InChI is InChI=1S/C15H27N3O2S.ClH/c1-3-4-12-17(2)21(19,20)18(13-8-11-16)14-15-9-6-5-7-10-15;/h5-7,9-10H,3-4,8,11-14,16H2,1-2H3;1H. The van der Waals surface area contributed by atoms with Gasteiger partial charge in [-0.3, -0.25) is 0 Å². The van der Waals surface area contributed by atoms with Crippen LogP contribution in [0, 0.1) is 0 Å². The number of hydrogen-bond acceptors (Lipinski definition) is 3. The first-order chi connectivity index (χ1) is 10.0. The lowest BCUT2D eigenvalue weighted by Gasteiger charge is -2.27. The molecule has 0 aliphatic rings. The normalized spacial score (nSPS) is 11.7. The summed E-state index contributed by atoms with van der Waals surface area (Å²) in [6.45, 7) is 3.92. The molecule has 1 aromatic carbocycles. The molecule has 0 spiro atoms. The second-order valence-corrected chi connectivity index (χ2v) is 7.18. The summed E-state index contributed by atoms with van der Waals surface area (Å²) in [6.07, 6.45) is 2.50. The fourth-order valence-electron chi connectivity index (χ4n) is 2.02. The maximum absolute atomic E-state index is 12.7. The van der Waals surface area contributed by atoms with Crippen LogP contribution in [0.3, 0.4) is 0 Å². The van der Waals surface area contributed by atoms with Gasteiger partial charge in [-0.2, -0.15) is 17.0 Å². The van der Waals surface area contributed by atoms with E-state index in [0.717, 1.165) is 18.4 Å². The van der Waals surface area contributed by atoms with Crippen molar-refractivity contribution in [2.24, 2.45) is 5.73 Å². The molecule has 0 aliphatic heterocycles. The lowest BCUT2D eigenvalue weighted by atomic mass is 10.2. The number of halogens is 1. The van der Waals surface area contributed by atoms with Crippen molar-refractivity contribution in [2.75, 3.05) is 26.7 Å². The van der Waals surface area contributed by atoms with Gasteiger partial charge >= 0.3 is 0 Å². The minimum Gasteiger partial charge on any atom is -0.330 e. The van der Waals surface area contributed by atoms with Gasteiger partial charge in [0.2, 0.25) is 0 Å². The van der Waals surface area contributed by atoms with Gasteiger partial charge in [0, 0.05) is 26.7 Å². The van der Waals surface area contributed by atoms with Crippen molar-refractivity contribution in [3.63, 3.8) is 0 Å². The van der Waals surface area contributed by atoms with E-state index in [1.807, 2.05) is 30.3 Å². The fourth-order valence-corrected chi connectivity index (χ4v) is 3.45. The second kappa shape index (κ2) is 11.0. The zero-order valence-electron chi connectivity index (χ0n) is 13.4. The van der Waals surface area contributed by atoms with Crippen LogP contribution in [0.25, 0.3) is 0 Å². The van der Waals surface area contributed by atoms with Gasteiger partial charge in [-0.05, 0) is 24.9 Å². The Morgan fingerprint density at radius 1 is 1.09 bits per heavy atom. The first-order valence-corrected chi connectivity index (χ1v) is 8.87. The summed E-state index contributed by atoms with van der Waals surface area (Å²) in [6, 6.07) is 9.65. The topological polar surface area (TPSA) is 66.6 Å². The summed E-state index contributed by atoms with van der Waals surface area (Å²) in [5.74, 6) is 0. The molecule has 0 aromatic heterocycles. The van der Waals surface area contributed by atoms with E-state index in [-0.39, 0.29) is 12.4 Å². The number of hydrogen-bond donors (Lipinski definition) is 1. The highest BCUT2D eigenvalue weighted by Gasteiger charge is 2.26. The molecule has 0 saturated heterocycles. The van der Waals surface area contributed by atoms with Crippen molar-refractivity contribution in [1.29, 1.82) is 0 Å². The van der Waals surface area contributed by atoms with Gasteiger partial charge in [0.15, 0.2) is 0 Å². The average Bonchev–Trinajstić information content (AvgIpc) is 2.49. The molecule has 128 valence electrons. The van der Waals surface area contributed by atoms with E-state index in [1.54, 1.807) is 7.05 Å². The van der Waals surface area contributed by atoms with Crippen LogP contribution in [0.2, 0.25) is 0 Å². The Kier molecular flexibility index (Phi) is 10.6. The third-order valence-electron chi connectivity index (χ3n) is 3.36. The van der Waals surface area contributed by atoms with Gasteiger partial charge in [-0.25, -0.2) is 0 Å². The predicted octanol–water partition coefficient (Wildman–Crippen LogP) is 2.24. The Morgan fingerprint density at radius 3 is 2.27 bits per heavy atom. The van der Waals surface area contributed by atoms with Crippen LogP contribution >= 0.6 is 12.4 Å². The number of rotatable bonds is 10. The van der Waals surface area contributed by atoms with E-state index >= 15 is 0 Å². The van der Waals surface area contributed by atoms with Crippen LogP contribution in [0.5, 0.6) is 0 Å². The van der Waals surface area contributed by atoms with Crippen LogP contribution in [0.1, 0.15) is 31.7 Å². The molecule has 0 heterocycles. The first-order valence-electron chi connectivity index (χ1n) is 7.47. The Bertz CT molecular complexity index is 497. The molecule has 0 radical (unpaired) electrons. The van der Waals surface area contributed by atoms with Gasteiger partial charge < -0.3 is 5.73 Å². The van der Waals surface area contributed by atoms with Gasteiger partial charge in [0.25, 0.3) is 10.2 Å². The van der Waals surface area contributed by atoms with Gasteiger partial charge in [-0.1, -0.05) is 43.7 Å². The van der Waals surface area contributed by atoms with Crippen molar-refractivity contribution in [3.05, 3.63) is 35.9 Å². The van der Waals surface area contributed by atoms with E-state index in [2.05, 4.69) is 6.92 Å². The van der Waals surface area contributed by atoms with E-state index in [9.17, 15) is 8.42 Å². The molecule has 1 rings (SSSR count). The fraction of sp³-hybridized carbons (Fsp3) is 0.600. The minimum absolute atomic E-state index is 0. The van der Waals surface area contributed by atoms with Crippen LogP contribution < -0.4 is 5.73 Å². The Balaban J connectivity index is 0.00000441. The van der Waals surface area contributed by atoms with Gasteiger partial charge in [0.1, 0.15) is 0 Å². The summed E-state index contributed by atoms with van der Waals surface area (Å²) >= 11 is 0. The maximum Gasteiger partial charge on any atom is 0.282 e. The number of nitrogens with zero attached hydrogens (tertiary/aromatic N) is 2. The summed E-state index contributed by atoms with van der Waals surface area (Å²) in [4.78, 5) is 0. The first kappa shape index (κ1) is 21.3. The molecular formula is C15H28ClN3O2S. The highest BCUT2D eigenvalue weighted by atomic mass is 35.5. The van der Waals surface area contributed by atoms with Gasteiger partial charge in [-0.15, -0.1) is 12.4 Å². The molecular weight excluding hydrogens is 322 g/mol. The highest BCUT2D eigenvalue weighted by molar-refractivity contribution is 7.86. The van der Waals surface area contributed by atoms with Crippen molar-refractivity contribution in [1.82, 2.24) is 8.61 Å². The molecule has 0 bridgehead atoms. The van der Waals surface area contributed by atoms with Crippen molar-refractivity contribution >= 4 is 22.6 Å². The van der Waals surface area contributed by atoms with Gasteiger partial charge in [0.05, 0.1) is 0 Å². The quantitative estimate of drug-likeness (QED) is 0.704. The zero-order chi connectivity index (χ0) is 15.7. The monoisotopic (exact) mass is 349 g/mol. The Labute approximate surface area is 141 Å². The predicted molar refractivity (Wildman–Crippen MR) is 94.2 cm³/mol. The molecule has 1 aromatic rings. The number of benzene rings is 1. The number of nitrogens with two attached hydrogens (primary N) is 1. The molecule has 5 nitrogen and oxygen atoms in total. The third-order valence-corrected chi connectivity index (χ3v) is 5.29. The summed E-state index contributed by atoms with van der Waals surface area (Å²) in [5, 5.41) is 0. The summed E-state index contributed by atoms with van der Waals surface area (Å²) in [5.41, 5.74) is 6.52. The highest BCUT2D eigenvalue weighted by Crippen LogP contribution is 2.13. The van der Waals surface area contributed by atoms with Crippen molar-refractivity contribution < 1.29 is 8.42 Å². The third kappa shape index (κ3) is 6.62. The van der Waals surface area contributed by atoms with E-state index in [0.29, 0.717) is 32.6 Å². The second-order valence-electron chi connectivity index (χ2n) is 5.14. The van der Waals surface area contributed by atoms with Crippen molar-refractivity contribution in [3.8, 4) is 0 Å². The molecule has 7 heteroatoms. The van der Waals surface area contributed by atoms with Crippen LogP contribution in [0.4, 0.5) is 0 Å². The van der Waals surface area contributed by atoms with E-state index in [4.69, 9.17) is 5.73 Å². The Hall–Kier alpha value is -0.660. The average molecular weight is 350 g/mol. The lowest BCUT2D eigenvalue weighted by molar-refractivity contribution is 0.349. The molecule has 0 fully saturated rings. The SMILES string of the molecule is CCCCN(C)S(=O)(=O)N(CCCN)Cc1ccccc1.Cl. The van der Waals surface area contributed by atoms with Crippen LogP contribution in [-0.2, 0) is 16.8 Å². The molecule has 0 saturated carbocycles. The molecule has 0 atom stereocenters. The molecule has 0 unspecified atom stereocenters.